The summed E-state index contributed by atoms with van der Waals surface area (Å²) in [5, 5.41) is 4.62. The van der Waals surface area contributed by atoms with Crippen LogP contribution in [0.15, 0.2) is 48.5 Å². The molecule has 5 heteroatoms. The number of fused-ring (bicyclic) bond motifs is 1. The van der Waals surface area contributed by atoms with Gasteiger partial charge in [0.1, 0.15) is 5.82 Å². The Balaban J connectivity index is 1.61. The van der Waals surface area contributed by atoms with Crippen LogP contribution in [0.1, 0.15) is 28.8 Å². The molecular weight excluding hydrogens is 346 g/mol. The van der Waals surface area contributed by atoms with Gasteiger partial charge >= 0.3 is 0 Å². The number of aryl methyl sites for hydroxylation is 1. The average Bonchev–Trinajstić information content (AvgIpc) is 3.17. The minimum absolute atomic E-state index is 0.152. The molecule has 1 saturated heterocycles. The van der Waals surface area contributed by atoms with Gasteiger partial charge in [-0.2, -0.15) is 0 Å². The standard InChI is InChI=1S/C21H20ClN3O/c1-14-12-20(25-10-2-3-11-25)24-19-9-8-17(13-18(14)19)23-21(26)15-4-6-16(22)7-5-15/h4-9,12-13H,2-3,10-11H2,1H3,(H,23,26). The molecule has 0 aliphatic carbocycles. The highest BCUT2D eigenvalue weighted by Crippen LogP contribution is 2.27. The van der Waals surface area contributed by atoms with Crippen LogP contribution < -0.4 is 10.2 Å². The summed E-state index contributed by atoms with van der Waals surface area (Å²) >= 11 is 5.88. The first-order valence-corrected chi connectivity index (χ1v) is 9.21. The fourth-order valence-corrected chi connectivity index (χ4v) is 3.49. The average molecular weight is 366 g/mol. The smallest absolute Gasteiger partial charge is 0.255 e. The molecule has 0 spiro atoms. The first-order valence-electron chi connectivity index (χ1n) is 8.83. The third kappa shape index (κ3) is 3.37. The highest BCUT2D eigenvalue weighted by Gasteiger charge is 2.15. The zero-order chi connectivity index (χ0) is 18.1. The van der Waals surface area contributed by atoms with Crippen molar-refractivity contribution in [1.82, 2.24) is 4.98 Å². The molecule has 1 aliphatic heterocycles. The van der Waals surface area contributed by atoms with Crippen molar-refractivity contribution in [2.24, 2.45) is 0 Å². The van der Waals surface area contributed by atoms with Gasteiger partial charge in [-0.15, -0.1) is 0 Å². The highest BCUT2D eigenvalue weighted by molar-refractivity contribution is 6.30. The summed E-state index contributed by atoms with van der Waals surface area (Å²) in [6.45, 7) is 4.24. The lowest BCUT2D eigenvalue weighted by Crippen LogP contribution is -2.19. The Morgan fingerprint density at radius 1 is 1.08 bits per heavy atom. The number of nitrogens with one attached hydrogen (secondary N) is 1. The van der Waals surface area contributed by atoms with E-state index in [9.17, 15) is 4.79 Å². The van der Waals surface area contributed by atoms with Gasteiger partial charge in [0.05, 0.1) is 5.52 Å². The van der Waals surface area contributed by atoms with Gasteiger partial charge in [0.2, 0.25) is 0 Å². The number of amides is 1. The molecule has 0 atom stereocenters. The third-order valence-electron chi connectivity index (χ3n) is 4.80. The molecule has 4 rings (SSSR count). The van der Waals surface area contributed by atoms with Crippen molar-refractivity contribution < 1.29 is 4.79 Å². The van der Waals surface area contributed by atoms with Gasteiger partial charge in [0.25, 0.3) is 5.91 Å². The monoisotopic (exact) mass is 365 g/mol. The van der Waals surface area contributed by atoms with E-state index in [2.05, 4.69) is 23.2 Å². The fraction of sp³-hybridized carbons (Fsp3) is 0.238. The maximum Gasteiger partial charge on any atom is 0.255 e. The van der Waals surface area contributed by atoms with Gasteiger partial charge in [-0.25, -0.2) is 4.98 Å². The second kappa shape index (κ2) is 6.96. The topological polar surface area (TPSA) is 45.2 Å². The molecule has 1 N–H and O–H groups in total. The number of aromatic nitrogens is 1. The van der Waals surface area contributed by atoms with Crippen LogP contribution in [-0.4, -0.2) is 24.0 Å². The van der Waals surface area contributed by atoms with Gasteiger partial charge in [-0.05, 0) is 73.9 Å². The summed E-state index contributed by atoms with van der Waals surface area (Å²) in [6, 6.07) is 14.9. The molecule has 1 aliphatic rings. The van der Waals surface area contributed by atoms with Crippen LogP contribution in [0.5, 0.6) is 0 Å². The Morgan fingerprint density at radius 3 is 2.54 bits per heavy atom. The summed E-state index contributed by atoms with van der Waals surface area (Å²) in [6.07, 6.45) is 2.46. The Morgan fingerprint density at radius 2 is 1.81 bits per heavy atom. The van der Waals surface area contributed by atoms with E-state index in [1.165, 1.54) is 18.4 Å². The van der Waals surface area contributed by atoms with Crippen LogP contribution in [-0.2, 0) is 0 Å². The van der Waals surface area contributed by atoms with Crippen LogP contribution in [0.4, 0.5) is 11.5 Å². The van der Waals surface area contributed by atoms with E-state index in [0.717, 1.165) is 35.5 Å². The number of benzene rings is 2. The van der Waals surface area contributed by atoms with Crippen molar-refractivity contribution in [3.05, 3.63) is 64.7 Å². The number of rotatable bonds is 3. The molecule has 1 aromatic heterocycles. The number of nitrogens with zero attached hydrogens (tertiary/aromatic N) is 2. The van der Waals surface area contributed by atoms with Crippen LogP contribution in [0.3, 0.4) is 0 Å². The number of halogens is 1. The summed E-state index contributed by atoms with van der Waals surface area (Å²) in [5.41, 5.74) is 3.46. The lowest BCUT2D eigenvalue weighted by atomic mass is 10.1. The molecule has 2 heterocycles. The molecule has 0 saturated carbocycles. The van der Waals surface area contributed by atoms with Crippen molar-refractivity contribution in [3.63, 3.8) is 0 Å². The number of carbonyl (C=O) groups is 1. The Bertz CT molecular complexity index is 963. The summed E-state index contributed by atoms with van der Waals surface area (Å²) in [7, 11) is 0. The van der Waals surface area contributed by atoms with Gasteiger partial charge in [-0.3, -0.25) is 4.79 Å². The second-order valence-corrected chi connectivity index (χ2v) is 7.12. The predicted molar refractivity (Wildman–Crippen MR) is 107 cm³/mol. The fourth-order valence-electron chi connectivity index (χ4n) is 3.37. The maximum atomic E-state index is 12.4. The van der Waals surface area contributed by atoms with Crippen molar-refractivity contribution in [2.45, 2.75) is 19.8 Å². The number of anilines is 2. The van der Waals surface area contributed by atoms with Crippen molar-refractivity contribution in [1.29, 1.82) is 0 Å². The Hall–Kier alpha value is -2.59. The molecule has 0 unspecified atom stereocenters. The van der Waals surface area contributed by atoms with E-state index in [4.69, 9.17) is 16.6 Å². The first kappa shape index (κ1) is 16.9. The molecular formula is C21H20ClN3O. The molecule has 3 aromatic rings. The van der Waals surface area contributed by atoms with Gasteiger partial charge in [0, 0.05) is 34.7 Å². The summed E-state index contributed by atoms with van der Waals surface area (Å²) in [4.78, 5) is 19.5. The molecule has 26 heavy (non-hydrogen) atoms. The number of hydrogen-bond donors (Lipinski definition) is 1. The molecule has 132 valence electrons. The van der Waals surface area contributed by atoms with E-state index >= 15 is 0 Å². The SMILES string of the molecule is Cc1cc(N2CCCC2)nc2ccc(NC(=O)c3ccc(Cl)cc3)cc12. The van der Waals surface area contributed by atoms with Gasteiger partial charge in [-0.1, -0.05) is 11.6 Å². The molecule has 0 bridgehead atoms. The van der Waals surface area contributed by atoms with Gasteiger partial charge < -0.3 is 10.2 Å². The normalized spacial score (nSPS) is 14.0. The third-order valence-corrected chi connectivity index (χ3v) is 5.05. The molecule has 1 amide bonds. The zero-order valence-corrected chi connectivity index (χ0v) is 15.4. The van der Waals surface area contributed by atoms with E-state index in [1.807, 2.05) is 18.2 Å². The minimum atomic E-state index is -0.152. The number of hydrogen-bond acceptors (Lipinski definition) is 3. The van der Waals surface area contributed by atoms with E-state index < -0.39 is 0 Å². The zero-order valence-electron chi connectivity index (χ0n) is 14.6. The molecule has 4 nitrogen and oxygen atoms in total. The van der Waals surface area contributed by atoms with Crippen LogP contribution in [0, 0.1) is 6.92 Å². The van der Waals surface area contributed by atoms with E-state index in [1.54, 1.807) is 24.3 Å². The van der Waals surface area contributed by atoms with Crippen molar-refractivity contribution >= 4 is 39.9 Å². The Labute approximate surface area is 157 Å². The van der Waals surface area contributed by atoms with Crippen molar-refractivity contribution in [3.8, 4) is 0 Å². The molecule has 1 fully saturated rings. The maximum absolute atomic E-state index is 12.4. The Kier molecular flexibility index (Phi) is 4.51. The number of pyridine rings is 1. The van der Waals surface area contributed by atoms with Crippen molar-refractivity contribution in [2.75, 3.05) is 23.3 Å². The summed E-state index contributed by atoms with van der Waals surface area (Å²) in [5.74, 6) is 0.894. The van der Waals surface area contributed by atoms with Crippen LogP contribution in [0.2, 0.25) is 5.02 Å². The quantitative estimate of drug-likeness (QED) is 0.706. The predicted octanol–water partition coefficient (Wildman–Crippen LogP) is 5.05. The summed E-state index contributed by atoms with van der Waals surface area (Å²) < 4.78 is 0. The highest BCUT2D eigenvalue weighted by atomic mass is 35.5. The lowest BCUT2D eigenvalue weighted by Gasteiger charge is -2.18. The minimum Gasteiger partial charge on any atom is -0.357 e. The molecule has 2 aromatic carbocycles. The second-order valence-electron chi connectivity index (χ2n) is 6.68. The molecule has 0 radical (unpaired) electrons. The lowest BCUT2D eigenvalue weighted by molar-refractivity contribution is 0.102. The van der Waals surface area contributed by atoms with Gasteiger partial charge in [0.15, 0.2) is 0 Å². The first-order chi connectivity index (χ1) is 12.6. The largest absolute Gasteiger partial charge is 0.357 e. The van der Waals surface area contributed by atoms with Crippen LogP contribution >= 0.6 is 11.6 Å². The van der Waals surface area contributed by atoms with Crippen LogP contribution in [0.25, 0.3) is 10.9 Å². The number of carbonyl (C=O) groups excluding carboxylic acids is 1. The van der Waals surface area contributed by atoms with E-state index in [0.29, 0.717) is 10.6 Å². The van der Waals surface area contributed by atoms with E-state index in [-0.39, 0.29) is 5.91 Å².